The van der Waals surface area contributed by atoms with Gasteiger partial charge in [-0.15, -0.1) is 0 Å². The zero-order chi connectivity index (χ0) is 12.1. The smallest absolute Gasteiger partial charge is 0.128 e. The fourth-order valence-electron chi connectivity index (χ4n) is 2.49. The van der Waals surface area contributed by atoms with Gasteiger partial charge in [0, 0.05) is 17.2 Å². The molecule has 1 heterocycles. The molecule has 0 saturated carbocycles. The maximum atomic E-state index is 13.8. The van der Waals surface area contributed by atoms with E-state index in [0.717, 1.165) is 11.3 Å². The molecule has 0 bridgehead atoms. The summed E-state index contributed by atoms with van der Waals surface area (Å²) in [6, 6.07) is 3.24. The van der Waals surface area contributed by atoms with Gasteiger partial charge in [-0.25, -0.2) is 4.39 Å². The number of hydrogen-bond acceptors (Lipinski definition) is 2. The Hall–Kier alpha value is -1.09. The van der Waals surface area contributed by atoms with E-state index in [2.05, 4.69) is 5.32 Å². The minimum Gasteiger partial charge on any atom is -0.390 e. The number of aliphatic hydroxyl groups excluding tert-OH is 1. The van der Waals surface area contributed by atoms with Gasteiger partial charge in [-0.05, 0) is 32.4 Å². The quantitative estimate of drug-likeness (QED) is 0.709. The second kappa shape index (κ2) is 3.45. The van der Waals surface area contributed by atoms with E-state index in [-0.39, 0.29) is 11.7 Å². The molecule has 2 N–H and O–H groups in total. The zero-order valence-electron chi connectivity index (χ0n) is 10.1. The molecule has 0 radical (unpaired) electrons. The SMILES string of the molecule is Cc1ccc(F)c2c1NC(C)(C)[C@H](O)[C@H]2C. The first kappa shape index (κ1) is 11.4. The molecule has 0 fully saturated rings. The lowest BCUT2D eigenvalue weighted by Gasteiger charge is -2.43. The average molecular weight is 223 g/mol. The van der Waals surface area contributed by atoms with E-state index in [0.29, 0.717) is 5.56 Å². The van der Waals surface area contributed by atoms with E-state index in [1.54, 1.807) is 6.07 Å². The Bertz CT molecular complexity index is 428. The number of rotatable bonds is 0. The van der Waals surface area contributed by atoms with E-state index in [9.17, 15) is 9.50 Å². The Morgan fingerprint density at radius 1 is 1.38 bits per heavy atom. The molecule has 0 aliphatic carbocycles. The molecule has 3 heteroatoms. The molecule has 1 aromatic rings. The van der Waals surface area contributed by atoms with Gasteiger partial charge in [0.05, 0.1) is 11.6 Å². The third kappa shape index (κ3) is 1.50. The van der Waals surface area contributed by atoms with Crippen LogP contribution >= 0.6 is 0 Å². The van der Waals surface area contributed by atoms with Crippen molar-refractivity contribution in [1.82, 2.24) is 0 Å². The minimum atomic E-state index is -0.587. The summed E-state index contributed by atoms with van der Waals surface area (Å²) in [7, 11) is 0. The lowest BCUT2D eigenvalue weighted by atomic mass is 9.78. The number of aliphatic hydroxyl groups is 1. The van der Waals surface area contributed by atoms with Crippen LogP contribution in [0.2, 0.25) is 0 Å². The maximum Gasteiger partial charge on any atom is 0.128 e. The first-order chi connectivity index (χ1) is 7.34. The van der Waals surface area contributed by atoms with Crippen LogP contribution in [0.15, 0.2) is 12.1 Å². The van der Waals surface area contributed by atoms with Crippen LogP contribution in [0.5, 0.6) is 0 Å². The Kier molecular flexibility index (Phi) is 2.46. The number of fused-ring (bicyclic) bond motifs is 1. The third-order valence-electron chi connectivity index (χ3n) is 3.52. The summed E-state index contributed by atoms with van der Waals surface area (Å²) in [4.78, 5) is 0. The second-order valence-corrected chi connectivity index (χ2v) is 5.23. The van der Waals surface area contributed by atoms with Gasteiger partial charge in [0.1, 0.15) is 5.82 Å². The molecule has 88 valence electrons. The van der Waals surface area contributed by atoms with Crippen molar-refractivity contribution in [2.75, 3.05) is 5.32 Å². The number of hydrogen-bond donors (Lipinski definition) is 2. The van der Waals surface area contributed by atoms with E-state index in [1.807, 2.05) is 27.7 Å². The van der Waals surface area contributed by atoms with Crippen molar-refractivity contribution in [2.45, 2.75) is 45.3 Å². The predicted molar refractivity (Wildman–Crippen MR) is 63.3 cm³/mol. The third-order valence-corrected chi connectivity index (χ3v) is 3.52. The second-order valence-electron chi connectivity index (χ2n) is 5.23. The zero-order valence-corrected chi connectivity index (χ0v) is 10.1. The highest BCUT2D eigenvalue weighted by molar-refractivity contribution is 5.63. The van der Waals surface area contributed by atoms with E-state index < -0.39 is 11.6 Å². The van der Waals surface area contributed by atoms with Gasteiger partial charge in [0.15, 0.2) is 0 Å². The average Bonchev–Trinajstić information content (AvgIpc) is 2.20. The first-order valence-corrected chi connectivity index (χ1v) is 5.60. The van der Waals surface area contributed by atoms with Gasteiger partial charge in [-0.2, -0.15) is 0 Å². The van der Waals surface area contributed by atoms with Crippen molar-refractivity contribution in [3.63, 3.8) is 0 Å². The topological polar surface area (TPSA) is 32.3 Å². The number of aryl methyl sites for hydroxylation is 1. The van der Waals surface area contributed by atoms with Gasteiger partial charge < -0.3 is 10.4 Å². The summed E-state index contributed by atoms with van der Waals surface area (Å²) in [6.07, 6.45) is -0.587. The highest BCUT2D eigenvalue weighted by Crippen LogP contribution is 2.41. The van der Waals surface area contributed by atoms with Crippen LogP contribution in [0.25, 0.3) is 0 Å². The van der Waals surface area contributed by atoms with Crippen LogP contribution in [-0.2, 0) is 0 Å². The molecule has 1 aliphatic rings. The lowest BCUT2D eigenvalue weighted by molar-refractivity contribution is 0.0854. The molecule has 0 spiro atoms. The van der Waals surface area contributed by atoms with Crippen LogP contribution in [0.1, 0.15) is 37.8 Å². The van der Waals surface area contributed by atoms with Crippen LogP contribution in [-0.4, -0.2) is 16.7 Å². The molecule has 0 unspecified atom stereocenters. The Morgan fingerprint density at radius 3 is 2.62 bits per heavy atom. The minimum absolute atomic E-state index is 0.189. The lowest BCUT2D eigenvalue weighted by Crippen LogP contribution is -2.50. The molecule has 2 atom stereocenters. The first-order valence-electron chi connectivity index (χ1n) is 5.60. The van der Waals surface area contributed by atoms with E-state index in [4.69, 9.17) is 0 Å². The standard InChI is InChI=1S/C13H18FNO/c1-7-5-6-9(14)10-8(2)12(16)13(3,4)15-11(7)10/h5-6,8,12,15-16H,1-4H3/t8-,12+/m0/s1. The summed E-state index contributed by atoms with van der Waals surface area (Å²) in [5, 5.41) is 13.4. The number of nitrogens with one attached hydrogen (secondary N) is 1. The van der Waals surface area contributed by atoms with E-state index in [1.165, 1.54) is 6.07 Å². The van der Waals surface area contributed by atoms with Crippen LogP contribution in [0.3, 0.4) is 0 Å². The summed E-state index contributed by atoms with van der Waals surface area (Å²) >= 11 is 0. The molecule has 2 nitrogen and oxygen atoms in total. The molecular formula is C13H18FNO. The van der Waals surface area contributed by atoms with Crippen LogP contribution < -0.4 is 5.32 Å². The van der Waals surface area contributed by atoms with Crippen molar-refractivity contribution >= 4 is 5.69 Å². The molecule has 2 rings (SSSR count). The molecule has 0 saturated heterocycles. The molecular weight excluding hydrogens is 205 g/mol. The summed E-state index contributed by atoms with van der Waals surface area (Å²) < 4.78 is 13.8. The molecule has 1 aliphatic heterocycles. The number of anilines is 1. The largest absolute Gasteiger partial charge is 0.390 e. The molecule has 16 heavy (non-hydrogen) atoms. The fourth-order valence-corrected chi connectivity index (χ4v) is 2.49. The maximum absolute atomic E-state index is 13.8. The summed E-state index contributed by atoms with van der Waals surface area (Å²) in [5.41, 5.74) is 2.03. The Morgan fingerprint density at radius 2 is 2.00 bits per heavy atom. The molecule has 1 aromatic carbocycles. The Balaban J connectivity index is 2.63. The van der Waals surface area contributed by atoms with Gasteiger partial charge >= 0.3 is 0 Å². The molecule has 0 amide bonds. The van der Waals surface area contributed by atoms with Crippen molar-refractivity contribution < 1.29 is 9.50 Å². The van der Waals surface area contributed by atoms with Crippen molar-refractivity contribution in [3.05, 3.63) is 29.1 Å². The van der Waals surface area contributed by atoms with Gasteiger partial charge in [-0.3, -0.25) is 0 Å². The summed E-state index contributed by atoms with van der Waals surface area (Å²) in [6.45, 7) is 7.68. The van der Waals surface area contributed by atoms with Gasteiger partial charge in [0.25, 0.3) is 0 Å². The highest BCUT2D eigenvalue weighted by atomic mass is 19.1. The van der Waals surface area contributed by atoms with E-state index >= 15 is 0 Å². The molecule has 0 aromatic heterocycles. The van der Waals surface area contributed by atoms with Crippen LogP contribution in [0.4, 0.5) is 10.1 Å². The normalized spacial score (nSPS) is 27.1. The van der Waals surface area contributed by atoms with Crippen molar-refractivity contribution in [3.8, 4) is 0 Å². The van der Waals surface area contributed by atoms with Gasteiger partial charge in [-0.1, -0.05) is 13.0 Å². The number of benzene rings is 1. The monoisotopic (exact) mass is 223 g/mol. The summed E-state index contributed by atoms with van der Waals surface area (Å²) in [5.74, 6) is -0.429. The van der Waals surface area contributed by atoms with Crippen LogP contribution in [0, 0.1) is 12.7 Å². The number of halogens is 1. The highest BCUT2D eigenvalue weighted by Gasteiger charge is 2.40. The Labute approximate surface area is 95.5 Å². The van der Waals surface area contributed by atoms with Crippen molar-refractivity contribution in [2.24, 2.45) is 0 Å². The fraction of sp³-hybridized carbons (Fsp3) is 0.538. The van der Waals surface area contributed by atoms with Gasteiger partial charge in [0.2, 0.25) is 0 Å². The predicted octanol–water partition coefficient (Wildman–Crippen LogP) is 2.80. The van der Waals surface area contributed by atoms with Crippen molar-refractivity contribution in [1.29, 1.82) is 0 Å².